The minimum absolute atomic E-state index is 0.0226. The third-order valence-corrected chi connectivity index (χ3v) is 6.19. The van der Waals surface area contributed by atoms with Crippen LogP contribution in [0, 0.1) is 0 Å². The second-order valence-electron chi connectivity index (χ2n) is 10.6. The largest absolute Gasteiger partial charge is 0.483 e. The predicted molar refractivity (Wildman–Crippen MR) is 147 cm³/mol. The highest BCUT2D eigenvalue weighted by Gasteiger charge is 2.16. The first kappa shape index (κ1) is 26.5. The maximum Gasteiger partial charge on any atom is 0.262 e. The molecule has 0 saturated heterocycles. The summed E-state index contributed by atoms with van der Waals surface area (Å²) in [5, 5.41) is 5.70. The number of ether oxygens (including phenoxy) is 1. The first-order chi connectivity index (χ1) is 16.3. The summed E-state index contributed by atoms with van der Waals surface area (Å²) in [6, 6.07) is 20.5. The van der Waals surface area contributed by atoms with Gasteiger partial charge in [0.05, 0.1) is 4.47 Å². The quantitative estimate of drug-likeness (QED) is 0.346. The second-order valence-corrected chi connectivity index (χ2v) is 11.4. The number of anilines is 2. The van der Waals surface area contributed by atoms with Gasteiger partial charge >= 0.3 is 0 Å². The molecule has 5 nitrogen and oxygen atoms in total. The van der Waals surface area contributed by atoms with Crippen molar-refractivity contribution < 1.29 is 14.3 Å². The Kier molecular flexibility index (Phi) is 8.06. The summed E-state index contributed by atoms with van der Waals surface area (Å²) in [6.45, 7) is 12.7. The number of carbonyl (C=O) groups is 2. The molecule has 3 rings (SSSR count). The zero-order valence-electron chi connectivity index (χ0n) is 21.2. The summed E-state index contributed by atoms with van der Waals surface area (Å²) in [4.78, 5) is 25.1. The molecule has 0 spiro atoms. The summed E-state index contributed by atoms with van der Waals surface area (Å²) >= 11 is 3.52. The molecule has 0 saturated carbocycles. The van der Waals surface area contributed by atoms with Crippen LogP contribution in [0.2, 0.25) is 0 Å². The third kappa shape index (κ3) is 7.43. The highest BCUT2D eigenvalue weighted by atomic mass is 79.9. The number of halogens is 1. The Balaban J connectivity index is 1.58. The number of amides is 2. The number of rotatable bonds is 6. The lowest BCUT2D eigenvalue weighted by molar-refractivity contribution is -0.118. The van der Waals surface area contributed by atoms with Gasteiger partial charge in [0, 0.05) is 16.9 Å². The summed E-state index contributed by atoms with van der Waals surface area (Å²) in [5.74, 6) is 0.102. The molecule has 0 atom stereocenters. The molecule has 3 aromatic carbocycles. The van der Waals surface area contributed by atoms with Gasteiger partial charge in [0.2, 0.25) is 0 Å². The molecule has 2 N–H and O–H groups in total. The second kappa shape index (κ2) is 10.6. The van der Waals surface area contributed by atoms with Gasteiger partial charge in [-0.2, -0.15) is 0 Å². The monoisotopic (exact) mass is 536 g/mol. The number of benzene rings is 3. The van der Waals surface area contributed by atoms with E-state index in [9.17, 15) is 9.59 Å². The van der Waals surface area contributed by atoms with Crippen LogP contribution in [0.4, 0.5) is 11.4 Å². The lowest BCUT2D eigenvalue weighted by Gasteiger charge is -2.20. The van der Waals surface area contributed by atoms with Crippen molar-refractivity contribution in [2.24, 2.45) is 0 Å². The molecule has 35 heavy (non-hydrogen) atoms. The van der Waals surface area contributed by atoms with Crippen molar-refractivity contribution in [3.63, 3.8) is 0 Å². The first-order valence-corrected chi connectivity index (χ1v) is 12.4. The molecule has 0 bridgehead atoms. The zero-order valence-corrected chi connectivity index (χ0v) is 22.7. The van der Waals surface area contributed by atoms with Crippen LogP contribution in [0.1, 0.15) is 63.0 Å². The molecule has 0 aliphatic rings. The van der Waals surface area contributed by atoms with E-state index in [1.807, 2.05) is 42.5 Å². The molecule has 6 heteroatoms. The highest BCUT2D eigenvalue weighted by Crippen LogP contribution is 2.31. The lowest BCUT2D eigenvalue weighted by atomic mass is 9.87. The van der Waals surface area contributed by atoms with E-state index >= 15 is 0 Å². The molecule has 0 aliphatic carbocycles. The number of hydrogen-bond donors (Lipinski definition) is 2. The average Bonchev–Trinajstić information content (AvgIpc) is 2.77. The third-order valence-electron chi connectivity index (χ3n) is 5.57. The van der Waals surface area contributed by atoms with Crippen LogP contribution in [-0.4, -0.2) is 18.4 Å². The Morgan fingerprint density at radius 1 is 0.771 bits per heavy atom. The Labute approximate surface area is 216 Å². The maximum absolute atomic E-state index is 12.7. The molecule has 0 unspecified atom stereocenters. The summed E-state index contributed by atoms with van der Waals surface area (Å²) in [7, 11) is 0. The van der Waals surface area contributed by atoms with Crippen LogP contribution in [0.25, 0.3) is 0 Å². The fourth-order valence-corrected chi connectivity index (χ4v) is 3.92. The van der Waals surface area contributed by atoms with Crippen LogP contribution in [0.3, 0.4) is 0 Å². The molecule has 184 valence electrons. The van der Waals surface area contributed by atoms with Gasteiger partial charge in [-0.15, -0.1) is 0 Å². The van der Waals surface area contributed by atoms with Crippen LogP contribution < -0.4 is 15.4 Å². The van der Waals surface area contributed by atoms with Crippen LogP contribution in [0.15, 0.2) is 71.2 Å². The predicted octanol–water partition coefficient (Wildman–Crippen LogP) is 7.31. The summed E-state index contributed by atoms with van der Waals surface area (Å²) in [5.41, 5.74) is 4.12. The standard InChI is InChI=1S/C29H33BrN2O3/c1-28(2,3)20-12-10-19(11-13-20)27(34)32-23-9-7-8-22(17-23)31-26(33)18-35-25-15-14-21(16-24(25)30)29(4,5)6/h7-17H,18H2,1-6H3,(H,31,33)(H,32,34). The van der Waals surface area contributed by atoms with Gasteiger partial charge in [-0.05, 0) is 80.4 Å². The van der Waals surface area contributed by atoms with Crippen molar-refractivity contribution in [2.45, 2.75) is 52.4 Å². The van der Waals surface area contributed by atoms with E-state index in [0.29, 0.717) is 22.7 Å². The van der Waals surface area contributed by atoms with Gasteiger partial charge in [0.25, 0.3) is 11.8 Å². The molecular weight excluding hydrogens is 504 g/mol. The van der Waals surface area contributed by atoms with Crippen LogP contribution >= 0.6 is 15.9 Å². The first-order valence-electron chi connectivity index (χ1n) is 11.6. The fraction of sp³-hybridized carbons (Fsp3) is 0.310. The molecule has 0 fully saturated rings. The SMILES string of the molecule is CC(C)(C)c1ccc(C(=O)Nc2cccc(NC(=O)COc3ccc(C(C)(C)C)cc3Br)c2)cc1. The van der Waals surface area contributed by atoms with E-state index in [1.165, 1.54) is 5.56 Å². The van der Waals surface area contributed by atoms with Gasteiger partial charge in [-0.3, -0.25) is 9.59 Å². The number of nitrogens with one attached hydrogen (secondary N) is 2. The summed E-state index contributed by atoms with van der Waals surface area (Å²) in [6.07, 6.45) is 0. The lowest BCUT2D eigenvalue weighted by Crippen LogP contribution is -2.20. The number of carbonyl (C=O) groups excluding carboxylic acids is 2. The Bertz CT molecular complexity index is 1210. The van der Waals surface area contributed by atoms with E-state index in [2.05, 4.69) is 68.1 Å². The molecular formula is C29H33BrN2O3. The molecule has 2 amide bonds. The highest BCUT2D eigenvalue weighted by molar-refractivity contribution is 9.10. The van der Waals surface area contributed by atoms with E-state index in [-0.39, 0.29) is 29.3 Å². The van der Waals surface area contributed by atoms with Crippen molar-refractivity contribution >= 4 is 39.1 Å². The van der Waals surface area contributed by atoms with E-state index in [0.717, 1.165) is 10.0 Å². The van der Waals surface area contributed by atoms with Crippen LogP contribution in [-0.2, 0) is 15.6 Å². The van der Waals surface area contributed by atoms with Gasteiger partial charge in [0.15, 0.2) is 6.61 Å². The van der Waals surface area contributed by atoms with E-state index in [1.54, 1.807) is 24.3 Å². The van der Waals surface area contributed by atoms with E-state index in [4.69, 9.17) is 4.74 Å². The van der Waals surface area contributed by atoms with Crippen LogP contribution in [0.5, 0.6) is 5.75 Å². The minimum Gasteiger partial charge on any atom is -0.483 e. The Morgan fingerprint density at radius 3 is 1.91 bits per heavy atom. The molecule has 0 radical (unpaired) electrons. The van der Waals surface area contributed by atoms with Gasteiger partial charge in [0.1, 0.15) is 5.75 Å². The molecule has 0 heterocycles. The molecule has 0 aliphatic heterocycles. The van der Waals surface area contributed by atoms with Gasteiger partial charge in [-0.1, -0.05) is 65.8 Å². The van der Waals surface area contributed by atoms with Gasteiger partial charge < -0.3 is 15.4 Å². The van der Waals surface area contributed by atoms with Crippen molar-refractivity contribution in [3.05, 3.63) is 87.9 Å². The summed E-state index contributed by atoms with van der Waals surface area (Å²) < 4.78 is 6.50. The normalized spacial score (nSPS) is 11.6. The number of hydrogen-bond acceptors (Lipinski definition) is 3. The van der Waals surface area contributed by atoms with Crippen molar-refractivity contribution in [3.8, 4) is 5.75 Å². The van der Waals surface area contributed by atoms with Crippen molar-refractivity contribution in [1.82, 2.24) is 0 Å². The van der Waals surface area contributed by atoms with Crippen molar-refractivity contribution in [1.29, 1.82) is 0 Å². The van der Waals surface area contributed by atoms with Crippen molar-refractivity contribution in [2.75, 3.05) is 17.2 Å². The average molecular weight is 537 g/mol. The Hall–Kier alpha value is -3.12. The minimum atomic E-state index is -0.293. The maximum atomic E-state index is 12.7. The topological polar surface area (TPSA) is 67.4 Å². The molecule has 3 aromatic rings. The zero-order chi connectivity index (χ0) is 25.8. The Morgan fingerprint density at radius 2 is 1.34 bits per heavy atom. The van der Waals surface area contributed by atoms with Gasteiger partial charge in [-0.25, -0.2) is 0 Å². The smallest absolute Gasteiger partial charge is 0.262 e. The fourth-order valence-electron chi connectivity index (χ4n) is 3.42. The van der Waals surface area contributed by atoms with E-state index < -0.39 is 0 Å². The molecule has 0 aromatic heterocycles.